The highest BCUT2D eigenvalue weighted by atomic mass is 16.3. The standard InChI is InChI=1S/C10H14O2/c1-7(2)10(11)8(3)9-5-4-6-12-9/h4-8H,1-3H3. The zero-order valence-corrected chi connectivity index (χ0v) is 7.70. The van der Waals surface area contributed by atoms with Gasteiger partial charge in [0.05, 0.1) is 12.2 Å². The monoisotopic (exact) mass is 166 g/mol. The molecule has 0 aromatic carbocycles. The van der Waals surface area contributed by atoms with Crippen LogP contribution in [0.5, 0.6) is 0 Å². The van der Waals surface area contributed by atoms with Crippen molar-refractivity contribution in [3.8, 4) is 0 Å². The number of ketones is 1. The van der Waals surface area contributed by atoms with Crippen molar-refractivity contribution in [3.63, 3.8) is 0 Å². The molecule has 0 radical (unpaired) electrons. The maximum Gasteiger partial charge on any atom is 0.145 e. The van der Waals surface area contributed by atoms with E-state index < -0.39 is 0 Å². The second-order valence-electron chi connectivity index (χ2n) is 3.29. The van der Waals surface area contributed by atoms with Gasteiger partial charge in [0.2, 0.25) is 0 Å². The molecule has 1 heterocycles. The van der Waals surface area contributed by atoms with E-state index in [1.807, 2.05) is 26.8 Å². The van der Waals surface area contributed by atoms with Gasteiger partial charge in [0.15, 0.2) is 0 Å². The van der Waals surface area contributed by atoms with Gasteiger partial charge in [-0.05, 0) is 19.1 Å². The second kappa shape index (κ2) is 3.57. The van der Waals surface area contributed by atoms with E-state index in [0.717, 1.165) is 5.76 Å². The molecule has 1 rings (SSSR count). The molecular formula is C10H14O2. The lowest BCUT2D eigenvalue weighted by Crippen LogP contribution is -2.14. The number of Topliss-reactive ketones (excluding diaryl/α,β-unsaturated/α-hetero) is 1. The van der Waals surface area contributed by atoms with Crippen LogP contribution in [0.2, 0.25) is 0 Å². The first-order valence-corrected chi connectivity index (χ1v) is 4.20. The fraction of sp³-hybridized carbons (Fsp3) is 0.500. The zero-order valence-electron chi connectivity index (χ0n) is 7.70. The fourth-order valence-electron chi connectivity index (χ4n) is 1.18. The summed E-state index contributed by atoms with van der Waals surface area (Å²) in [6.45, 7) is 5.69. The molecule has 0 amide bonds. The zero-order chi connectivity index (χ0) is 9.14. The van der Waals surface area contributed by atoms with Crippen LogP contribution in [0, 0.1) is 5.92 Å². The smallest absolute Gasteiger partial charge is 0.145 e. The van der Waals surface area contributed by atoms with E-state index in [1.54, 1.807) is 12.3 Å². The first-order chi connectivity index (χ1) is 5.63. The second-order valence-corrected chi connectivity index (χ2v) is 3.29. The third-order valence-corrected chi connectivity index (χ3v) is 1.97. The van der Waals surface area contributed by atoms with Crippen molar-refractivity contribution < 1.29 is 9.21 Å². The molecule has 2 nitrogen and oxygen atoms in total. The highest BCUT2D eigenvalue weighted by Crippen LogP contribution is 2.19. The molecule has 0 fully saturated rings. The Balaban J connectivity index is 2.72. The van der Waals surface area contributed by atoms with E-state index in [2.05, 4.69) is 0 Å². The molecule has 1 unspecified atom stereocenters. The molecule has 66 valence electrons. The molecule has 1 atom stereocenters. The first kappa shape index (κ1) is 9.04. The molecule has 0 bridgehead atoms. The van der Waals surface area contributed by atoms with Gasteiger partial charge in [-0.3, -0.25) is 4.79 Å². The lowest BCUT2D eigenvalue weighted by molar-refractivity contribution is -0.123. The van der Waals surface area contributed by atoms with Gasteiger partial charge in [0.25, 0.3) is 0 Å². The Labute approximate surface area is 72.6 Å². The summed E-state index contributed by atoms with van der Waals surface area (Å²) in [6, 6.07) is 3.64. The van der Waals surface area contributed by atoms with Gasteiger partial charge in [0, 0.05) is 5.92 Å². The van der Waals surface area contributed by atoms with Crippen molar-refractivity contribution >= 4 is 5.78 Å². The predicted octanol–water partition coefficient (Wildman–Crippen LogP) is 2.61. The van der Waals surface area contributed by atoms with Gasteiger partial charge < -0.3 is 4.42 Å². The van der Waals surface area contributed by atoms with Crippen molar-refractivity contribution in [2.75, 3.05) is 0 Å². The SMILES string of the molecule is CC(C)C(=O)C(C)c1ccco1. The minimum atomic E-state index is -0.111. The molecule has 0 saturated heterocycles. The summed E-state index contributed by atoms with van der Waals surface area (Å²) in [5, 5.41) is 0. The Kier molecular flexibility index (Phi) is 2.69. The number of carbonyl (C=O) groups excluding carboxylic acids is 1. The van der Waals surface area contributed by atoms with E-state index in [-0.39, 0.29) is 17.6 Å². The molecule has 1 aromatic heterocycles. The van der Waals surface area contributed by atoms with Crippen LogP contribution in [0.15, 0.2) is 22.8 Å². The topological polar surface area (TPSA) is 30.2 Å². The lowest BCUT2D eigenvalue weighted by Gasteiger charge is -2.09. The van der Waals surface area contributed by atoms with Crippen LogP contribution < -0.4 is 0 Å². The summed E-state index contributed by atoms with van der Waals surface area (Å²) in [4.78, 5) is 11.5. The quantitative estimate of drug-likeness (QED) is 0.690. The Hall–Kier alpha value is -1.05. The van der Waals surface area contributed by atoms with Gasteiger partial charge in [-0.15, -0.1) is 0 Å². The molecule has 0 spiro atoms. The average Bonchev–Trinajstić information content (AvgIpc) is 2.53. The number of furan rings is 1. The van der Waals surface area contributed by atoms with E-state index in [1.165, 1.54) is 0 Å². The largest absolute Gasteiger partial charge is 0.469 e. The number of hydrogen-bond donors (Lipinski definition) is 0. The predicted molar refractivity (Wildman–Crippen MR) is 47.0 cm³/mol. The number of rotatable bonds is 3. The first-order valence-electron chi connectivity index (χ1n) is 4.20. The number of carbonyl (C=O) groups is 1. The molecule has 0 N–H and O–H groups in total. The van der Waals surface area contributed by atoms with Crippen molar-refractivity contribution in [2.45, 2.75) is 26.7 Å². The van der Waals surface area contributed by atoms with Crippen molar-refractivity contribution in [3.05, 3.63) is 24.2 Å². The van der Waals surface area contributed by atoms with Crippen molar-refractivity contribution in [1.82, 2.24) is 0 Å². The van der Waals surface area contributed by atoms with E-state index >= 15 is 0 Å². The normalized spacial score (nSPS) is 13.3. The van der Waals surface area contributed by atoms with Gasteiger partial charge in [0.1, 0.15) is 11.5 Å². The van der Waals surface area contributed by atoms with Gasteiger partial charge in [-0.2, -0.15) is 0 Å². The molecular weight excluding hydrogens is 152 g/mol. The van der Waals surface area contributed by atoms with E-state index in [0.29, 0.717) is 0 Å². The molecule has 0 saturated carbocycles. The minimum Gasteiger partial charge on any atom is -0.469 e. The van der Waals surface area contributed by atoms with Crippen molar-refractivity contribution in [2.24, 2.45) is 5.92 Å². The number of hydrogen-bond acceptors (Lipinski definition) is 2. The molecule has 12 heavy (non-hydrogen) atoms. The lowest BCUT2D eigenvalue weighted by atomic mass is 9.95. The summed E-state index contributed by atoms with van der Waals surface area (Å²) >= 11 is 0. The Morgan fingerprint density at radius 1 is 1.42 bits per heavy atom. The van der Waals surface area contributed by atoms with Gasteiger partial charge >= 0.3 is 0 Å². The maximum atomic E-state index is 11.5. The summed E-state index contributed by atoms with van der Waals surface area (Å²) in [5.74, 6) is 0.948. The van der Waals surface area contributed by atoms with Crippen LogP contribution in [0.4, 0.5) is 0 Å². The molecule has 0 aliphatic rings. The molecule has 2 heteroatoms. The van der Waals surface area contributed by atoms with E-state index in [4.69, 9.17) is 4.42 Å². The van der Waals surface area contributed by atoms with Crippen LogP contribution in [0.1, 0.15) is 32.4 Å². The minimum absolute atomic E-state index is 0.0742. The van der Waals surface area contributed by atoms with Crippen molar-refractivity contribution in [1.29, 1.82) is 0 Å². The molecule has 0 aliphatic carbocycles. The average molecular weight is 166 g/mol. The Bertz CT molecular complexity index is 247. The van der Waals surface area contributed by atoms with Crippen LogP contribution in [0.25, 0.3) is 0 Å². The summed E-state index contributed by atoms with van der Waals surface area (Å²) in [6.07, 6.45) is 1.60. The summed E-state index contributed by atoms with van der Waals surface area (Å²) in [7, 11) is 0. The van der Waals surface area contributed by atoms with Gasteiger partial charge in [-0.25, -0.2) is 0 Å². The van der Waals surface area contributed by atoms with E-state index in [9.17, 15) is 4.79 Å². The van der Waals surface area contributed by atoms with Crippen LogP contribution in [-0.4, -0.2) is 5.78 Å². The maximum absolute atomic E-state index is 11.5. The van der Waals surface area contributed by atoms with Crippen LogP contribution >= 0.6 is 0 Å². The summed E-state index contributed by atoms with van der Waals surface area (Å²) in [5.41, 5.74) is 0. The Morgan fingerprint density at radius 3 is 2.50 bits per heavy atom. The molecule has 0 aliphatic heterocycles. The highest BCUT2D eigenvalue weighted by Gasteiger charge is 2.19. The Morgan fingerprint density at radius 2 is 2.08 bits per heavy atom. The third kappa shape index (κ3) is 1.76. The van der Waals surface area contributed by atoms with Crippen LogP contribution in [-0.2, 0) is 4.79 Å². The van der Waals surface area contributed by atoms with Crippen LogP contribution in [0.3, 0.4) is 0 Å². The third-order valence-electron chi connectivity index (χ3n) is 1.97. The molecule has 1 aromatic rings. The highest BCUT2D eigenvalue weighted by molar-refractivity contribution is 5.86. The summed E-state index contributed by atoms with van der Waals surface area (Å²) < 4.78 is 5.15. The fourth-order valence-corrected chi connectivity index (χ4v) is 1.18. The van der Waals surface area contributed by atoms with Gasteiger partial charge in [-0.1, -0.05) is 13.8 Å².